The van der Waals surface area contributed by atoms with Crippen LogP contribution in [-0.2, 0) is 9.59 Å². The molecule has 0 spiro atoms. The number of para-hydroxylation sites is 1. The number of carbonyl (C=O) groups is 2. The van der Waals surface area contributed by atoms with E-state index >= 15 is 0 Å². The van der Waals surface area contributed by atoms with E-state index in [0.717, 1.165) is 23.1 Å². The standard InChI is InChI=1S/C24H26ClFN2O2/c1-3-6-17(20-15-18(25)10-9-16(20)2)11-13-27-23(29)19-12-14-28(24(19)30)22-8-5-4-7-21(22)26/h4-10,15,19H,3,11-14H2,1-2H3,(H,27,29)/b17-6-. The number of aryl methyl sites for hydroxylation is 1. The predicted molar refractivity (Wildman–Crippen MR) is 119 cm³/mol. The van der Waals surface area contributed by atoms with Gasteiger partial charge in [0.1, 0.15) is 11.7 Å². The maximum absolute atomic E-state index is 14.0. The van der Waals surface area contributed by atoms with Crippen molar-refractivity contribution in [2.75, 3.05) is 18.0 Å². The van der Waals surface area contributed by atoms with Gasteiger partial charge in [-0.1, -0.05) is 42.8 Å². The molecule has 2 aromatic carbocycles. The van der Waals surface area contributed by atoms with Gasteiger partial charge in [-0.3, -0.25) is 9.59 Å². The van der Waals surface area contributed by atoms with Crippen LogP contribution in [0.2, 0.25) is 5.02 Å². The van der Waals surface area contributed by atoms with E-state index in [1.54, 1.807) is 18.2 Å². The minimum Gasteiger partial charge on any atom is -0.355 e. The van der Waals surface area contributed by atoms with Crippen molar-refractivity contribution >= 4 is 34.7 Å². The zero-order valence-electron chi connectivity index (χ0n) is 17.3. The molecule has 30 heavy (non-hydrogen) atoms. The molecule has 1 fully saturated rings. The highest BCUT2D eigenvalue weighted by Crippen LogP contribution is 2.28. The lowest BCUT2D eigenvalue weighted by molar-refractivity contribution is -0.132. The number of amides is 2. The Morgan fingerprint density at radius 2 is 2.07 bits per heavy atom. The van der Waals surface area contributed by atoms with Crippen LogP contribution in [0.1, 0.15) is 37.3 Å². The van der Waals surface area contributed by atoms with Gasteiger partial charge in [-0.2, -0.15) is 0 Å². The Labute approximate surface area is 181 Å². The first-order valence-electron chi connectivity index (χ1n) is 10.2. The minimum atomic E-state index is -0.781. The second kappa shape index (κ2) is 9.90. The van der Waals surface area contributed by atoms with E-state index in [1.165, 1.54) is 11.0 Å². The molecule has 0 bridgehead atoms. The second-order valence-electron chi connectivity index (χ2n) is 7.42. The third-order valence-corrected chi connectivity index (χ3v) is 5.59. The summed E-state index contributed by atoms with van der Waals surface area (Å²) in [7, 11) is 0. The lowest BCUT2D eigenvalue weighted by Gasteiger charge is -2.17. The highest BCUT2D eigenvalue weighted by molar-refractivity contribution is 6.30. The van der Waals surface area contributed by atoms with Gasteiger partial charge in [0, 0.05) is 18.1 Å². The molecular weight excluding hydrogens is 403 g/mol. The summed E-state index contributed by atoms with van der Waals surface area (Å²) in [5.74, 6) is -1.90. The molecule has 1 unspecified atom stereocenters. The maximum Gasteiger partial charge on any atom is 0.239 e. The van der Waals surface area contributed by atoms with Gasteiger partial charge in [-0.25, -0.2) is 4.39 Å². The number of hydrogen-bond donors (Lipinski definition) is 1. The SMILES string of the molecule is CC/C=C(/CCNC(=O)C1CCN(c2ccccc2F)C1=O)c1cc(Cl)ccc1C. The minimum absolute atomic E-state index is 0.224. The molecule has 2 amide bonds. The number of carbonyl (C=O) groups excluding carboxylic acids is 2. The fourth-order valence-electron chi connectivity index (χ4n) is 3.81. The van der Waals surface area contributed by atoms with E-state index in [-0.39, 0.29) is 17.5 Å². The van der Waals surface area contributed by atoms with Crippen LogP contribution in [-0.4, -0.2) is 24.9 Å². The van der Waals surface area contributed by atoms with Gasteiger partial charge in [0.25, 0.3) is 0 Å². The molecule has 3 rings (SSSR count). The molecule has 158 valence electrons. The van der Waals surface area contributed by atoms with E-state index in [4.69, 9.17) is 11.6 Å². The predicted octanol–water partition coefficient (Wildman–Crippen LogP) is 5.14. The maximum atomic E-state index is 14.0. The Hall–Kier alpha value is -2.66. The van der Waals surface area contributed by atoms with Crippen molar-refractivity contribution in [3.05, 3.63) is 70.5 Å². The highest BCUT2D eigenvalue weighted by Gasteiger charge is 2.38. The number of benzene rings is 2. The Kier molecular flexibility index (Phi) is 7.27. The summed E-state index contributed by atoms with van der Waals surface area (Å²) in [6.45, 7) is 4.84. The van der Waals surface area contributed by atoms with Gasteiger partial charge in [-0.05, 0) is 67.2 Å². The van der Waals surface area contributed by atoms with E-state index in [2.05, 4.69) is 18.3 Å². The zero-order valence-corrected chi connectivity index (χ0v) is 18.0. The average molecular weight is 429 g/mol. The zero-order chi connectivity index (χ0) is 21.7. The third kappa shape index (κ3) is 4.90. The molecule has 6 heteroatoms. The van der Waals surface area contributed by atoms with Crippen LogP contribution in [0, 0.1) is 18.7 Å². The summed E-state index contributed by atoms with van der Waals surface area (Å²) in [6.07, 6.45) is 4.02. The van der Waals surface area contributed by atoms with Crippen LogP contribution < -0.4 is 10.2 Å². The molecule has 0 radical (unpaired) electrons. The second-order valence-corrected chi connectivity index (χ2v) is 7.86. The quantitative estimate of drug-likeness (QED) is 0.621. The lowest BCUT2D eigenvalue weighted by Crippen LogP contribution is -2.37. The monoisotopic (exact) mass is 428 g/mol. The number of allylic oxidation sites excluding steroid dienone is 1. The number of halogens is 2. The van der Waals surface area contributed by atoms with Crippen molar-refractivity contribution in [1.82, 2.24) is 5.32 Å². The van der Waals surface area contributed by atoms with Gasteiger partial charge in [0.15, 0.2) is 0 Å². The molecule has 0 aromatic heterocycles. The molecule has 0 aliphatic carbocycles. The molecule has 1 aliphatic rings. The summed E-state index contributed by atoms with van der Waals surface area (Å²) in [5, 5.41) is 3.55. The summed E-state index contributed by atoms with van der Waals surface area (Å²) in [6, 6.07) is 11.9. The lowest BCUT2D eigenvalue weighted by atomic mass is 9.97. The first-order chi connectivity index (χ1) is 14.4. The molecular formula is C24H26ClFN2O2. The molecule has 1 aliphatic heterocycles. The van der Waals surface area contributed by atoms with Crippen molar-refractivity contribution in [1.29, 1.82) is 0 Å². The number of anilines is 1. The summed E-state index contributed by atoms with van der Waals surface area (Å²) >= 11 is 6.16. The molecule has 1 saturated heterocycles. The fraction of sp³-hybridized carbons (Fsp3) is 0.333. The largest absolute Gasteiger partial charge is 0.355 e. The molecule has 0 saturated carbocycles. The van der Waals surface area contributed by atoms with Crippen molar-refractivity contribution in [3.8, 4) is 0 Å². The Balaban J connectivity index is 1.61. The van der Waals surface area contributed by atoms with Gasteiger partial charge in [0.05, 0.1) is 5.69 Å². The van der Waals surface area contributed by atoms with Crippen LogP contribution >= 0.6 is 11.6 Å². The van der Waals surface area contributed by atoms with Crippen LogP contribution in [0.25, 0.3) is 5.57 Å². The van der Waals surface area contributed by atoms with Crippen molar-refractivity contribution in [2.24, 2.45) is 5.92 Å². The van der Waals surface area contributed by atoms with Crippen molar-refractivity contribution in [3.63, 3.8) is 0 Å². The number of nitrogens with zero attached hydrogens (tertiary/aromatic N) is 1. The van der Waals surface area contributed by atoms with Crippen LogP contribution in [0.4, 0.5) is 10.1 Å². The first kappa shape index (κ1) is 22.0. The fourth-order valence-corrected chi connectivity index (χ4v) is 3.98. The van der Waals surface area contributed by atoms with Crippen molar-refractivity contribution < 1.29 is 14.0 Å². The smallest absolute Gasteiger partial charge is 0.239 e. The topological polar surface area (TPSA) is 49.4 Å². The Bertz CT molecular complexity index is 973. The van der Waals surface area contributed by atoms with E-state index < -0.39 is 11.7 Å². The number of nitrogens with one attached hydrogen (secondary N) is 1. The van der Waals surface area contributed by atoms with Crippen LogP contribution in [0.15, 0.2) is 48.5 Å². The van der Waals surface area contributed by atoms with Crippen LogP contribution in [0.3, 0.4) is 0 Å². The van der Waals surface area contributed by atoms with Gasteiger partial charge in [-0.15, -0.1) is 0 Å². The summed E-state index contributed by atoms with van der Waals surface area (Å²) in [4.78, 5) is 26.7. The van der Waals surface area contributed by atoms with Gasteiger partial charge in [0.2, 0.25) is 11.8 Å². The number of rotatable bonds is 7. The van der Waals surface area contributed by atoms with E-state index in [9.17, 15) is 14.0 Å². The molecule has 1 heterocycles. The third-order valence-electron chi connectivity index (χ3n) is 5.35. The number of hydrogen-bond acceptors (Lipinski definition) is 2. The average Bonchev–Trinajstić information content (AvgIpc) is 3.11. The molecule has 1 N–H and O–H groups in total. The highest BCUT2D eigenvalue weighted by atomic mass is 35.5. The summed E-state index contributed by atoms with van der Waals surface area (Å²) < 4.78 is 14.0. The Morgan fingerprint density at radius 3 is 2.80 bits per heavy atom. The van der Waals surface area contributed by atoms with Crippen LogP contribution in [0.5, 0.6) is 0 Å². The van der Waals surface area contributed by atoms with Gasteiger partial charge < -0.3 is 10.2 Å². The van der Waals surface area contributed by atoms with Crippen molar-refractivity contribution in [2.45, 2.75) is 33.1 Å². The van der Waals surface area contributed by atoms with E-state index in [1.807, 2.05) is 25.1 Å². The summed E-state index contributed by atoms with van der Waals surface area (Å²) in [5.41, 5.74) is 3.53. The Morgan fingerprint density at radius 1 is 1.30 bits per heavy atom. The van der Waals surface area contributed by atoms with E-state index in [0.29, 0.717) is 31.0 Å². The molecule has 2 aromatic rings. The van der Waals surface area contributed by atoms with Gasteiger partial charge >= 0.3 is 0 Å². The molecule has 1 atom stereocenters. The molecule has 4 nitrogen and oxygen atoms in total. The normalized spacial score (nSPS) is 16.8. The first-order valence-corrected chi connectivity index (χ1v) is 10.6.